The maximum absolute atomic E-state index is 11.0. The third kappa shape index (κ3) is 3.97. The number of hydrogen-bond acceptors (Lipinski definition) is 7. The van der Waals surface area contributed by atoms with Crippen molar-refractivity contribution in [1.82, 2.24) is 9.88 Å². The number of pyridine rings is 1. The molecule has 0 saturated carbocycles. The topological polar surface area (TPSA) is 83.3 Å². The van der Waals surface area contributed by atoms with E-state index in [0.717, 1.165) is 31.1 Å². The summed E-state index contributed by atoms with van der Waals surface area (Å²) in [5.41, 5.74) is 0.0122. The van der Waals surface area contributed by atoms with Crippen molar-refractivity contribution >= 4 is 29.1 Å². The summed E-state index contributed by atoms with van der Waals surface area (Å²) in [5, 5.41) is 16.9. The van der Waals surface area contributed by atoms with E-state index in [9.17, 15) is 10.1 Å². The number of thioether (sulfide) groups is 1. The van der Waals surface area contributed by atoms with Crippen LogP contribution in [0.1, 0.15) is 0 Å². The molecule has 0 amide bonds. The molecule has 1 aromatic heterocycles. The van der Waals surface area contributed by atoms with Crippen molar-refractivity contribution in [2.24, 2.45) is 0 Å². The Balaban J connectivity index is 1.94. The van der Waals surface area contributed by atoms with Gasteiger partial charge in [-0.25, -0.2) is 4.98 Å². The second-order valence-corrected chi connectivity index (χ2v) is 5.68. The van der Waals surface area contributed by atoms with Crippen LogP contribution in [0.25, 0.3) is 0 Å². The van der Waals surface area contributed by atoms with Crippen LogP contribution in [-0.4, -0.2) is 59.5 Å². The lowest BCUT2D eigenvalue weighted by Crippen LogP contribution is -2.36. The minimum absolute atomic E-state index is 0.0122. The van der Waals surface area contributed by atoms with E-state index in [0.29, 0.717) is 18.2 Å². The molecule has 1 aliphatic rings. The van der Waals surface area contributed by atoms with E-state index >= 15 is 0 Å². The number of nitrogens with zero attached hydrogens (tertiary/aromatic N) is 3. The minimum atomic E-state index is -0.410. The highest BCUT2D eigenvalue weighted by Gasteiger charge is 2.16. The molecule has 1 fully saturated rings. The Labute approximate surface area is 122 Å². The van der Waals surface area contributed by atoms with Gasteiger partial charge in [-0.1, -0.05) is 0 Å². The van der Waals surface area contributed by atoms with Gasteiger partial charge in [-0.15, -0.1) is 0 Å². The van der Waals surface area contributed by atoms with Gasteiger partial charge < -0.3 is 10.6 Å². The number of anilines is 2. The van der Waals surface area contributed by atoms with Gasteiger partial charge in [0, 0.05) is 50.8 Å². The first kappa shape index (κ1) is 14.9. The van der Waals surface area contributed by atoms with E-state index in [1.54, 1.807) is 13.1 Å². The van der Waals surface area contributed by atoms with Gasteiger partial charge in [0.1, 0.15) is 5.82 Å². The number of nitro groups is 1. The molecule has 0 bridgehead atoms. The molecule has 2 heterocycles. The quantitative estimate of drug-likeness (QED) is 0.608. The molecule has 8 heteroatoms. The highest BCUT2D eigenvalue weighted by molar-refractivity contribution is 7.99. The van der Waals surface area contributed by atoms with Crippen LogP contribution in [-0.2, 0) is 0 Å². The van der Waals surface area contributed by atoms with Crippen LogP contribution < -0.4 is 10.6 Å². The molecule has 2 rings (SSSR count). The summed E-state index contributed by atoms with van der Waals surface area (Å²) in [4.78, 5) is 17.1. The summed E-state index contributed by atoms with van der Waals surface area (Å²) in [6.45, 7) is 3.70. The SMILES string of the molecule is CNc1ccc([N+](=O)[O-])c(NCCN2CCSCC2)n1. The average molecular weight is 297 g/mol. The Hall–Kier alpha value is -1.54. The molecule has 2 N–H and O–H groups in total. The first-order chi connectivity index (χ1) is 9.70. The first-order valence-electron chi connectivity index (χ1n) is 6.58. The molecule has 20 heavy (non-hydrogen) atoms. The summed E-state index contributed by atoms with van der Waals surface area (Å²) in [6.07, 6.45) is 0. The predicted molar refractivity (Wildman–Crippen MR) is 82.7 cm³/mol. The van der Waals surface area contributed by atoms with Crippen LogP contribution in [0.3, 0.4) is 0 Å². The summed E-state index contributed by atoms with van der Waals surface area (Å²) in [6, 6.07) is 3.07. The Bertz CT molecular complexity index is 465. The van der Waals surface area contributed by atoms with Crippen LogP contribution in [0.5, 0.6) is 0 Å². The molecular weight excluding hydrogens is 278 g/mol. The maximum Gasteiger partial charge on any atom is 0.311 e. The number of hydrogen-bond donors (Lipinski definition) is 2. The van der Waals surface area contributed by atoms with E-state index in [4.69, 9.17) is 0 Å². The Morgan fingerprint density at radius 3 is 2.85 bits per heavy atom. The zero-order valence-electron chi connectivity index (χ0n) is 11.5. The lowest BCUT2D eigenvalue weighted by Gasteiger charge is -2.26. The highest BCUT2D eigenvalue weighted by Crippen LogP contribution is 2.23. The minimum Gasteiger partial charge on any atom is -0.373 e. The van der Waals surface area contributed by atoms with Crippen molar-refractivity contribution in [3.8, 4) is 0 Å². The largest absolute Gasteiger partial charge is 0.373 e. The van der Waals surface area contributed by atoms with E-state index in [1.807, 2.05) is 11.8 Å². The smallest absolute Gasteiger partial charge is 0.311 e. The maximum atomic E-state index is 11.0. The fraction of sp³-hybridized carbons (Fsp3) is 0.583. The molecule has 0 radical (unpaired) electrons. The molecule has 0 atom stereocenters. The molecule has 0 unspecified atom stereocenters. The predicted octanol–water partition coefficient (Wildman–Crippen LogP) is 1.49. The van der Waals surface area contributed by atoms with Gasteiger partial charge in [0.2, 0.25) is 5.82 Å². The second-order valence-electron chi connectivity index (χ2n) is 4.45. The van der Waals surface area contributed by atoms with E-state index in [-0.39, 0.29) is 5.69 Å². The summed E-state index contributed by atoms with van der Waals surface area (Å²) in [7, 11) is 1.74. The third-order valence-electron chi connectivity index (χ3n) is 3.15. The fourth-order valence-corrected chi connectivity index (χ4v) is 3.00. The monoisotopic (exact) mass is 297 g/mol. The van der Waals surface area contributed by atoms with Gasteiger partial charge in [-0.2, -0.15) is 11.8 Å². The normalized spacial score (nSPS) is 15.8. The number of rotatable bonds is 6. The van der Waals surface area contributed by atoms with Gasteiger partial charge in [0.05, 0.1) is 4.92 Å². The first-order valence-corrected chi connectivity index (χ1v) is 7.73. The van der Waals surface area contributed by atoms with E-state index < -0.39 is 4.92 Å². The lowest BCUT2D eigenvalue weighted by atomic mass is 10.3. The number of nitrogens with one attached hydrogen (secondary N) is 2. The van der Waals surface area contributed by atoms with Crippen molar-refractivity contribution in [2.75, 3.05) is 55.4 Å². The lowest BCUT2D eigenvalue weighted by molar-refractivity contribution is -0.384. The third-order valence-corrected chi connectivity index (χ3v) is 4.09. The fourth-order valence-electron chi connectivity index (χ4n) is 2.03. The van der Waals surface area contributed by atoms with Crippen LogP contribution in [0.4, 0.5) is 17.3 Å². The summed E-state index contributed by atoms with van der Waals surface area (Å²) >= 11 is 1.97. The molecular formula is C12H19N5O2S. The van der Waals surface area contributed by atoms with Gasteiger partial charge in [-0.05, 0) is 6.07 Å². The summed E-state index contributed by atoms with van der Waals surface area (Å²) < 4.78 is 0. The molecule has 1 aliphatic heterocycles. The van der Waals surface area contributed by atoms with Crippen molar-refractivity contribution in [2.45, 2.75) is 0 Å². The Morgan fingerprint density at radius 1 is 1.45 bits per heavy atom. The van der Waals surface area contributed by atoms with Gasteiger partial charge in [0.15, 0.2) is 0 Å². The van der Waals surface area contributed by atoms with Crippen LogP contribution in [0.2, 0.25) is 0 Å². The summed E-state index contributed by atoms with van der Waals surface area (Å²) in [5.74, 6) is 3.27. The average Bonchev–Trinajstić information content (AvgIpc) is 2.48. The van der Waals surface area contributed by atoms with Gasteiger partial charge in [0.25, 0.3) is 0 Å². The highest BCUT2D eigenvalue weighted by atomic mass is 32.2. The van der Waals surface area contributed by atoms with Crippen molar-refractivity contribution in [1.29, 1.82) is 0 Å². The van der Waals surface area contributed by atoms with Crippen LogP contribution >= 0.6 is 11.8 Å². The van der Waals surface area contributed by atoms with E-state index in [2.05, 4.69) is 20.5 Å². The Morgan fingerprint density at radius 2 is 2.20 bits per heavy atom. The molecule has 1 saturated heterocycles. The molecule has 1 aromatic rings. The van der Waals surface area contributed by atoms with E-state index in [1.165, 1.54) is 6.07 Å². The number of aromatic nitrogens is 1. The van der Waals surface area contributed by atoms with Gasteiger partial charge >= 0.3 is 5.69 Å². The molecule has 0 aliphatic carbocycles. The molecule has 0 aromatic carbocycles. The Kier molecular flexibility index (Phi) is 5.42. The van der Waals surface area contributed by atoms with Crippen LogP contribution in [0.15, 0.2) is 12.1 Å². The standard InChI is InChI=1S/C12H19N5O2S/c1-13-11-3-2-10(17(18)19)12(15-11)14-4-5-16-6-8-20-9-7-16/h2-3H,4-9H2,1H3,(H2,13,14,15). The zero-order chi connectivity index (χ0) is 14.4. The van der Waals surface area contributed by atoms with Crippen LogP contribution in [0, 0.1) is 10.1 Å². The second kappa shape index (κ2) is 7.30. The molecule has 7 nitrogen and oxygen atoms in total. The molecule has 110 valence electrons. The van der Waals surface area contributed by atoms with Crippen molar-refractivity contribution < 1.29 is 4.92 Å². The van der Waals surface area contributed by atoms with Crippen molar-refractivity contribution in [3.05, 3.63) is 22.2 Å². The van der Waals surface area contributed by atoms with Crippen molar-refractivity contribution in [3.63, 3.8) is 0 Å². The zero-order valence-corrected chi connectivity index (χ0v) is 12.3. The molecule has 0 spiro atoms. The van der Waals surface area contributed by atoms with Gasteiger partial charge in [-0.3, -0.25) is 15.0 Å².